The molecule has 0 aromatic rings. The molecule has 0 amide bonds. The molecule has 0 saturated heterocycles. The molecule has 0 atom stereocenters. The Labute approximate surface area is 273 Å². The highest BCUT2D eigenvalue weighted by Crippen LogP contribution is 2.08. The maximum atomic E-state index is 11.6. The third kappa shape index (κ3) is 38.2. The number of hydrogen-bond acceptors (Lipinski definition) is 14. The molecule has 15 nitrogen and oxygen atoms in total. The topological polar surface area (TPSA) is 173 Å². The molecule has 15 heteroatoms. The zero-order valence-electron chi connectivity index (χ0n) is 28.1. The molecule has 0 rings (SSSR count). The predicted octanol–water partition coefficient (Wildman–Crippen LogP) is 2.06. The molecule has 0 heterocycles. The van der Waals surface area contributed by atoms with E-state index >= 15 is 0 Å². The normalized spacial score (nSPS) is 11.5. The van der Waals surface area contributed by atoms with E-state index < -0.39 is 11.6 Å². The summed E-state index contributed by atoms with van der Waals surface area (Å²) < 4.78 is 58.9. The molecule has 0 spiro atoms. The third-order valence-corrected chi connectivity index (χ3v) is 5.36. The van der Waals surface area contributed by atoms with Crippen molar-refractivity contribution in [3.63, 3.8) is 0 Å². The predicted molar refractivity (Wildman–Crippen MR) is 165 cm³/mol. The molecular formula is C31H58O15. The number of carboxylic acids is 1. The summed E-state index contributed by atoms with van der Waals surface area (Å²) >= 11 is 0. The van der Waals surface area contributed by atoms with Crippen LogP contribution >= 0.6 is 0 Å². The van der Waals surface area contributed by atoms with Crippen molar-refractivity contribution >= 4 is 17.9 Å². The number of aliphatic carboxylic acids is 1. The lowest BCUT2D eigenvalue weighted by Crippen LogP contribution is -2.24. The van der Waals surface area contributed by atoms with Gasteiger partial charge in [0.05, 0.1) is 125 Å². The summed E-state index contributed by atoms with van der Waals surface area (Å²) in [4.78, 5) is 33.4. The quantitative estimate of drug-likeness (QED) is 0.0766. The fourth-order valence-electron chi connectivity index (χ4n) is 3.24. The number of ether oxygens (including phenoxy) is 11. The SMILES string of the molecule is CC(C)(C)OC(=O)CCOCCOCCOCCOCCOCCOCCOCCOCCOCCOC(=O)CCCCC(=O)O. The first-order valence-corrected chi connectivity index (χ1v) is 16.0. The maximum Gasteiger partial charge on any atom is 0.308 e. The van der Waals surface area contributed by atoms with Crippen LogP contribution < -0.4 is 0 Å². The Bertz CT molecular complexity index is 715. The van der Waals surface area contributed by atoms with E-state index in [0.717, 1.165) is 0 Å². The molecule has 0 aliphatic carbocycles. The first-order valence-electron chi connectivity index (χ1n) is 16.0. The van der Waals surface area contributed by atoms with E-state index in [1.54, 1.807) is 0 Å². The van der Waals surface area contributed by atoms with Crippen LogP contribution in [0, 0.1) is 0 Å². The van der Waals surface area contributed by atoms with Gasteiger partial charge in [-0.2, -0.15) is 0 Å². The molecule has 0 fully saturated rings. The molecule has 0 bridgehead atoms. The molecule has 272 valence electrons. The van der Waals surface area contributed by atoms with Crippen LogP contribution in [-0.4, -0.2) is 154 Å². The van der Waals surface area contributed by atoms with Gasteiger partial charge in [-0.25, -0.2) is 0 Å². The van der Waals surface area contributed by atoms with Crippen molar-refractivity contribution < 1.29 is 71.6 Å². The lowest BCUT2D eigenvalue weighted by atomic mass is 10.2. The van der Waals surface area contributed by atoms with E-state index in [9.17, 15) is 14.4 Å². The number of carbonyl (C=O) groups excluding carboxylic acids is 2. The monoisotopic (exact) mass is 670 g/mol. The van der Waals surface area contributed by atoms with Crippen molar-refractivity contribution in [2.45, 2.75) is 58.5 Å². The van der Waals surface area contributed by atoms with Gasteiger partial charge < -0.3 is 57.2 Å². The molecule has 0 aromatic heterocycles. The fraction of sp³-hybridized carbons (Fsp3) is 0.903. The lowest BCUT2D eigenvalue weighted by Gasteiger charge is -2.19. The van der Waals surface area contributed by atoms with Gasteiger partial charge >= 0.3 is 17.9 Å². The summed E-state index contributed by atoms with van der Waals surface area (Å²) in [6.45, 7) is 13.4. The number of carbonyl (C=O) groups is 3. The minimum Gasteiger partial charge on any atom is -0.481 e. The van der Waals surface area contributed by atoms with Gasteiger partial charge in [0, 0.05) is 12.8 Å². The zero-order valence-corrected chi connectivity index (χ0v) is 28.1. The van der Waals surface area contributed by atoms with Gasteiger partial charge in [0.2, 0.25) is 0 Å². The minimum absolute atomic E-state index is 0.0574. The maximum absolute atomic E-state index is 11.6. The summed E-state index contributed by atoms with van der Waals surface area (Å²) in [7, 11) is 0. The first kappa shape index (κ1) is 44.0. The van der Waals surface area contributed by atoms with Crippen molar-refractivity contribution in [3.05, 3.63) is 0 Å². The van der Waals surface area contributed by atoms with Crippen LogP contribution in [0.15, 0.2) is 0 Å². The van der Waals surface area contributed by atoms with Gasteiger partial charge in [0.1, 0.15) is 12.2 Å². The second-order valence-electron chi connectivity index (χ2n) is 10.7. The van der Waals surface area contributed by atoms with Crippen LogP contribution in [0.25, 0.3) is 0 Å². The molecule has 0 unspecified atom stereocenters. The number of hydrogen-bond donors (Lipinski definition) is 1. The number of unbranched alkanes of at least 4 members (excludes halogenated alkanes) is 1. The third-order valence-electron chi connectivity index (χ3n) is 5.36. The molecule has 0 saturated carbocycles. The highest BCUT2D eigenvalue weighted by atomic mass is 16.6. The average molecular weight is 671 g/mol. The van der Waals surface area contributed by atoms with Gasteiger partial charge in [-0.1, -0.05) is 0 Å². The minimum atomic E-state index is -0.866. The standard InChI is InChI=1S/C31H58O15/c1-31(2,3)46-30(35)8-9-36-10-11-37-12-13-38-14-15-39-16-17-40-18-19-41-20-21-42-22-23-43-24-25-44-26-27-45-29(34)7-5-4-6-28(32)33/h4-27H2,1-3H3,(H,32,33). The number of esters is 2. The fourth-order valence-corrected chi connectivity index (χ4v) is 3.24. The van der Waals surface area contributed by atoms with Crippen molar-refractivity contribution in [2.75, 3.05) is 126 Å². The largest absolute Gasteiger partial charge is 0.481 e. The Morgan fingerprint density at radius 2 is 0.717 bits per heavy atom. The van der Waals surface area contributed by atoms with Crippen molar-refractivity contribution in [1.82, 2.24) is 0 Å². The molecule has 1 N–H and O–H groups in total. The van der Waals surface area contributed by atoms with E-state index in [1.165, 1.54) is 0 Å². The number of rotatable bonds is 35. The Kier molecular flexibility index (Phi) is 31.6. The highest BCUT2D eigenvalue weighted by Gasteiger charge is 2.15. The molecular weight excluding hydrogens is 612 g/mol. The Hall–Kier alpha value is -1.95. The van der Waals surface area contributed by atoms with Gasteiger partial charge in [0.15, 0.2) is 0 Å². The molecule has 0 radical (unpaired) electrons. The van der Waals surface area contributed by atoms with Crippen LogP contribution in [0.4, 0.5) is 0 Å². The lowest BCUT2D eigenvalue weighted by molar-refractivity contribution is -0.156. The van der Waals surface area contributed by atoms with E-state index in [0.29, 0.717) is 125 Å². The van der Waals surface area contributed by atoms with Crippen LogP contribution in [0.1, 0.15) is 52.9 Å². The van der Waals surface area contributed by atoms with Gasteiger partial charge in [-0.15, -0.1) is 0 Å². The summed E-state index contributed by atoms with van der Waals surface area (Å²) in [5, 5.41) is 8.54. The Balaban J connectivity index is 3.15. The summed E-state index contributed by atoms with van der Waals surface area (Å²) in [6, 6.07) is 0. The van der Waals surface area contributed by atoms with Crippen molar-refractivity contribution in [1.29, 1.82) is 0 Å². The van der Waals surface area contributed by atoms with Gasteiger partial charge in [-0.05, 0) is 33.6 Å². The van der Waals surface area contributed by atoms with E-state index in [-0.39, 0.29) is 44.4 Å². The summed E-state index contributed by atoms with van der Waals surface area (Å²) in [6.07, 6.45) is 1.45. The average Bonchev–Trinajstić information content (AvgIpc) is 2.99. The molecule has 46 heavy (non-hydrogen) atoms. The highest BCUT2D eigenvalue weighted by molar-refractivity contribution is 5.70. The van der Waals surface area contributed by atoms with Crippen molar-refractivity contribution in [2.24, 2.45) is 0 Å². The molecule has 0 aliphatic rings. The summed E-state index contributed by atoms with van der Waals surface area (Å²) in [5.74, 6) is -1.49. The van der Waals surface area contributed by atoms with E-state index in [2.05, 4.69) is 0 Å². The summed E-state index contributed by atoms with van der Waals surface area (Å²) in [5.41, 5.74) is -0.481. The second kappa shape index (κ2) is 33.0. The Morgan fingerprint density at radius 3 is 1.04 bits per heavy atom. The van der Waals surface area contributed by atoms with Gasteiger partial charge in [0.25, 0.3) is 0 Å². The van der Waals surface area contributed by atoms with Gasteiger partial charge in [-0.3, -0.25) is 14.4 Å². The van der Waals surface area contributed by atoms with Crippen LogP contribution in [0.5, 0.6) is 0 Å². The first-order chi connectivity index (χ1) is 22.2. The van der Waals surface area contributed by atoms with E-state index in [1.807, 2.05) is 20.8 Å². The smallest absolute Gasteiger partial charge is 0.308 e. The second-order valence-corrected chi connectivity index (χ2v) is 10.7. The molecule has 0 aromatic carbocycles. The van der Waals surface area contributed by atoms with E-state index in [4.69, 9.17) is 57.2 Å². The Morgan fingerprint density at radius 1 is 0.413 bits per heavy atom. The number of carboxylic acid groups (broad SMARTS) is 1. The van der Waals surface area contributed by atoms with Crippen molar-refractivity contribution in [3.8, 4) is 0 Å². The van der Waals surface area contributed by atoms with Crippen LogP contribution in [0.3, 0.4) is 0 Å². The van der Waals surface area contributed by atoms with Crippen LogP contribution in [-0.2, 0) is 66.5 Å². The molecule has 0 aliphatic heterocycles. The zero-order chi connectivity index (χ0) is 34.0. The van der Waals surface area contributed by atoms with Crippen LogP contribution in [0.2, 0.25) is 0 Å².